The Morgan fingerprint density at radius 1 is 0.348 bits per heavy atom. The molecule has 0 spiro atoms. The SMILES string of the molecule is CC1(C)c2ccccc2-c2ccc(-c3cccc(-c4ccc5oc6cccc(-c7nc(-c8ccc9c(c8)oc8ccccc89)nc(-c8cccc9sc%10ccccc%10c89)n7)c6c5c4)c3)cc21. The number of furan rings is 2. The van der Waals surface area contributed by atoms with Crippen molar-refractivity contribution in [1.82, 2.24) is 15.0 Å². The maximum Gasteiger partial charge on any atom is 0.164 e. The van der Waals surface area contributed by atoms with Crippen LogP contribution < -0.4 is 0 Å². The van der Waals surface area contributed by atoms with Gasteiger partial charge < -0.3 is 8.83 Å². The first-order valence-corrected chi connectivity index (χ1v) is 23.1. The zero-order valence-electron chi connectivity index (χ0n) is 36.0. The van der Waals surface area contributed by atoms with Crippen LogP contribution in [0.25, 0.3) is 132 Å². The summed E-state index contributed by atoms with van der Waals surface area (Å²) >= 11 is 1.78. The minimum Gasteiger partial charge on any atom is -0.456 e. The Balaban J connectivity index is 0.931. The third-order valence-electron chi connectivity index (χ3n) is 13.8. The zero-order valence-corrected chi connectivity index (χ0v) is 36.8. The van der Waals surface area contributed by atoms with Gasteiger partial charge in [-0.25, -0.2) is 15.0 Å². The Morgan fingerprint density at radius 2 is 0.924 bits per heavy atom. The first-order chi connectivity index (χ1) is 32.4. The minimum atomic E-state index is -0.0710. The normalized spacial score (nSPS) is 13.1. The second kappa shape index (κ2) is 13.9. The van der Waals surface area contributed by atoms with Gasteiger partial charge in [-0.2, -0.15) is 0 Å². The van der Waals surface area contributed by atoms with E-state index in [0.29, 0.717) is 17.5 Å². The van der Waals surface area contributed by atoms with Crippen LogP contribution in [0.15, 0.2) is 197 Å². The molecule has 1 aliphatic rings. The Labute approximate surface area is 383 Å². The van der Waals surface area contributed by atoms with Gasteiger partial charge in [-0.15, -0.1) is 11.3 Å². The standard InChI is InChI=1S/C60H37N3O2S/c1-60(2)47-19-6-3-14-39(47)40-27-24-37(32-48(40)60)35-13-9-12-34(30-35)36-26-29-50-46(31-36)55-44(17-10-21-51(55)64-50)58-61-57(38-25-28-42-41-15-4-7-20-49(41)65-52(42)33-38)62-59(63-58)45-18-11-23-54-56(45)43-16-5-8-22-53(43)66-54/h3-33H,1-2H3. The van der Waals surface area contributed by atoms with E-state index in [9.17, 15) is 0 Å². The number of hydrogen-bond donors (Lipinski definition) is 0. The van der Waals surface area contributed by atoms with E-state index in [4.69, 9.17) is 23.8 Å². The first-order valence-electron chi connectivity index (χ1n) is 22.3. The van der Waals surface area contributed by atoms with Crippen LogP contribution in [-0.2, 0) is 5.41 Å². The quantitative estimate of drug-likeness (QED) is 0.172. The van der Waals surface area contributed by atoms with Crippen LogP contribution in [-0.4, -0.2) is 15.0 Å². The molecule has 0 saturated carbocycles. The highest BCUT2D eigenvalue weighted by Crippen LogP contribution is 2.50. The smallest absolute Gasteiger partial charge is 0.164 e. The fourth-order valence-corrected chi connectivity index (χ4v) is 11.7. The van der Waals surface area contributed by atoms with Crippen molar-refractivity contribution in [2.45, 2.75) is 19.3 Å². The van der Waals surface area contributed by atoms with Gasteiger partial charge in [-0.05, 0) is 105 Å². The highest BCUT2D eigenvalue weighted by Gasteiger charge is 2.35. The zero-order chi connectivity index (χ0) is 43.7. The van der Waals surface area contributed by atoms with Crippen LogP contribution >= 0.6 is 11.3 Å². The summed E-state index contributed by atoms with van der Waals surface area (Å²) in [4.78, 5) is 15.9. The molecule has 0 aliphatic heterocycles. The van der Waals surface area contributed by atoms with Gasteiger partial charge in [0.1, 0.15) is 22.3 Å². The number of para-hydroxylation sites is 1. The van der Waals surface area contributed by atoms with Crippen LogP contribution in [0.3, 0.4) is 0 Å². The molecule has 4 aromatic heterocycles. The van der Waals surface area contributed by atoms with Gasteiger partial charge in [-0.3, -0.25) is 0 Å². The Morgan fingerprint density at radius 3 is 1.80 bits per heavy atom. The van der Waals surface area contributed by atoms with E-state index >= 15 is 0 Å². The van der Waals surface area contributed by atoms with Gasteiger partial charge in [0.15, 0.2) is 17.5 Å². The molecule has 0 unspecified atom stereocenters. The maximum absolute atomic E-state index is 6.61. The van der Waals surface area contributed by atoms with Crippen molar-refractivity contribution < 1.29 is 8.83 Å². The molecule has 66 heavy (non-hydrogen) atoms. The second-order valence-electron chi connectivity index (χ2n) is 17.9. The fourth-order valence-electron chi connectivity index (χ4n) is 10.5. The van der Waals surface area contributed by atoms with Crippen LogP contribution in [0.1, 0.15) is 25.0 Å². The van der Waals surface area contributed by atoms with Gasteiger partial charge in [0, 0.05) is 63.8 Å². The number of nitrogens with zero attached hydrogens (tertiary/aromatic N) is 3. The second-order valence-corrected chi connectivity index (χ2v) is 19.0. The van der Waals surface area contributed by atoms with E-state index in [1.54, 1.807) is 11.3 Å². The molecule has 6 heteroatoms. The lowest BCUT2D eigenvalue weighted by molar-refractivity contribution is 0.660. The highest BCUT2D eigenvalue weighted by atomic mass is 32.1. The molecule has 0 fully saturated rings. The van der Waals surface area contributed by atoms with Gasteiger partial charge in [0.05, 0.1) is 0 Å². The van der Waals surface area contributed by atoms with Gasteiger partial charge in [-0.1, -0.05) is 141 Å². The monoisotopic (exact) mass is 863 g/mol. The first kappa shape index (κ1) is 37.2. The summed E-state index contributed by atoms with van der Waals surface area (Å²) in [6, 6.07) is 66.7. The van der Waals surface area contributed by atoms with Crippen molar-refractivity contribution in [1.29, 1.82) is 0 Å². The number of rotatable bonds is 5. The summed E-state index contributed by atoms with van der Waals surface area (Å²) < 4.78 is 15.4. The van der Waals surface area contributed by atoms with E-state index in [2.05, 4.69) is 172 Å². The van der Waals surface area contributed by atoms with E-state index in [1.807, 2.05) is 30.3 Å². The Kier molecular flexibility index (Phi) is 7.84. The molecule has 0 amide bonds. The van der Waals surface area contributed by atoms with Crippen molar-refractivity contribution in [3.63, 3.8) is 0 Å². The lowest BCUT2D eigenvalue weighted by Crippen LogP contribution is -2.14. The maximum atomic E-state index is 6.61. The molecule has 0 saturated heterocycles. The molecular weight excluding hydrogens is 827 g/mol. The average molecular weight is 864 g/mol. The number of hydrogen-bond acceptors (Lipinski definition) is 6. The molecule has 0 N–H and O–H groups in total. The molecule has 5 nitrogen and oxygen atoms in total. The molecule has 0 bridgehead atoms. The fraction of sp³-hybridized carbons (Fsp3) is 0.0500. The summed E-state index contributed by atoms with van der Waals surface area (Å²) in [7, 11) is 0. The number of aromatic nitrogens is 3. The molecule has 0 radical (unpaired) electrons. The minimum absolute atomic E-state index is 0.0710. The van der Waals surface area contributed by atoms with Crippen LogP contribution in [0.5, 0.6) is 0 Å². The van der Waals surface area contributed by atoms with Crippen molar-refractivity contribution in [3.05, 3.63) is 199 Å². The lowest BCUT2D eigenvalue weighted by atomic mass is 9.81. The molecule has 1 aliphatic carbocycles. The highest BCUT2D eigenvalue weighted by molar-refractivity contribution is 7.25. The number of fused-ring (bicyclic) bond motifs is 12. The Bertz CT molecular complexity index is 4170. The van der Waals surface area contributed by atoms with Crippen molar-refractivity contribution in [2.24, 2.45) is 0 Å². The van der Waals surface area contributed by atoms with E-state index < -0.39 is 0 Å². The van der Waals surface area contributed by atoms with Crippen molar-refractivity contribution in [2.75, 3.05) is 0 Å². The molecule has 4 heterocycles. The van der Waals surface area contributed by atoms with Crippen molar-refractivity contribution >= 4 is 75.4 Å². The predicted octanol–water partition coefficient (Wildman–Crippen LogP) is 16.7. The summed E-state index contributed by atoms with van der Waals surface area (Å²) in [6.45, 7) is 4.67. The molecule has 310 valence electrons. The van der Waals surface area contributed by atoms with Crippen LogP contribution in [0.4, 0.5) is 0 Å². The van der Waals surface area contributed by atoms with Crippen LogP contribution in [0.2, 0.25) is 0 Å². The average Bonchev–Trinajstić information content (AvgIpc) is 4.11. The van der Waals surface area contributed by atoms with Gasteiger partial charge >= 0.3 is 0 Å². The van der Waals surface area contributed by atoms with Gasteiger partial charge in [0.2, 0.25) is 0 Å². The third-order valence-corrected chi connectivity index (χ3v) is 14.9. The van der Waals surface area contributed by atoms with E-state index in [-0.39, 0.29) is 5.41 Å². The van der Waals surface area contributed by atoms with Gasteiger partial charge in [0.25, 0.3) is 0 Å². The molecule has 13 aromatic rings. The van der Waals surface area contributed by atoms with E-state index in [1.165, 1.54) is 48.2 Å². The molecule has 0 atom stereocenters. The summed E-state index contributed by atoms with van der Waals surface area (Å²) in [5.74, 6) is 1.74. The third kappa shape index (κ3) is 5.55. The molecule has 14 rings (SSSR count). The molecular formula is C60H37N3O2S. The summed E-state index contributed by atoms with van der Waals surface area (Å²) in [5.41, 5.74) is 15.8. The summed E-state index contributed by atoms with van der Waals surface area (Å²) in [5, 5.41) is 6.42. The Hall–Kier alpha value is -8.19. The van der Waals surface area contributed by atoms with Crippen LogP contribution in [0, 0.1) is 0 Å². The predicted molar refractivity (Wildman–Crippen MR) is 272 cm³/mol. The van der Waals surface area contributed by atoms with E-state index in [0.717, 1.165) is 77.1 Å². The topological polar surface area (TPSA) is 65.0 Å². The molecule has 9 aromatic carbocycles. The number of thiophene rings is 1. The van der Waals surface area contributed by atoms with Crippen molar-refractivity contribution in [3.8, 4) is 67.5 Å². The number of benzene rings is 9. The lowest BCUT2D eigenvalue weighted by Gasteiger charge is -2.22. The summed E-state index contributed by atoms with van der Waals surface area (Å²) in [6.07, 6.45) is 0. The largest absolute Gasteiger partial charge is 0.456 e.